The Morgan fingerprint density at radius 2 is 2.04 bits per heavy atom. The second kappa shape index (κ2) is 6.68. The number of carbonyl (C=O) groups is 1. The van der Waals surface area contributed by atoms with Crippen molar-refractivity contribution in [3.8, 4) is 11.5 Å². The monoisotopic (exact) mass is 322 g/mol. The number of aromatic nitrogens is 1. The van der Waals surface area contributed by atoms with Crippen LogP contribution in [0.5, 0.6) is 0 Å². The number of benzene rings is 1. The molecule has 0 aliphatic rings. The molecule has 0 unspecified atom stereocenters. The molecule has 1 amide bonds. The molecule has 0 saturated carbocycles. The van der Waals surface area contributed by atoms with E-state index in [2.05, 4.69) is 10.3 Å². The number of nitrogens with zero attached hydrogens (tertiary/aromatic N) is 1. The van der Waals surface area contributed by atoms with E-state index in [0.717, 1.165) is 11.1 Å². The van der Waals surface area contributed by atoms with Gasteiger partial charge in [-0.3, -0.25) is 4.79 Å². The Kier molecular flexibility index (Phi) is 4.44. The molecule has 2 aromatic heterocycles. The summed E-state index contributed by atoms with van der Waals surface area (Å²) in [6, 6.07) is 12.6. The van der Waals surface area contributed by atoms with Gasteiger partial charge in [0.15, 0.2) is 5.76 Å². The summed E-state index contributed by atoms with van der Waals surface area (Å²) in [7, 11) is 0. The van der Waals surface area contributed by atoms with E-state index in [4.69, 9.17) is 4.42 Å². The van der Waals surface area contributed by atoms with Crippen molar-refractivity contribution >= 4 is 11.6 Å². The van der Waals surface area contributed by atoms with Crippen molar-refractivity contribution in [2.45, 2.75) is 20.5 Å². The number of aliphatic hydroxyl groups excluding tert-OH is 1. The van der Waals surface area contributed by atoms with Gasteiger partial charge in [0.1, 0.15) is 5.69 Å². The van der Waals surface area contributed by atoms with Crippen molar-refractivity contribution in [2.75, 3.05) is 5.32 Å². The second-order valence-electron chi connectivity index (χ2n) is 5.57. The van der Waals surface area contributed by atoms with E-state index in [1.807, 2.05) is 25.1 Å². The van der Waals surface area contributed by atoms with Crippen LogP contribution in [0.4, 0.5) is 5.69 Å². The number of furan rings is 1. The topological polar surface area (TPSA) is 75.4 Å². The maximum absolute atomic E-state index is 12.5. The zero-order chi connectivity index (χ0) is 17.1. The summed E-state index contributed by atoms with van der Waals surface area (Å²) < 4.78 is 5.33. The molecule has 0 bridgehead atoms. The highest BCUT2D eigenvalue weighted by molar-refractivity contribution is 6.05. The zero-order valence-corrected chi connectivity index (χ0v) is 13.5. The van der Waals surface area contributed by atoms with Gasteiger partial charge in [-0.15, -0.1) is 0 Å². The van der Waals surface area contributed by atoms with Crippen molar-refractivity contribution in [1.29, 1.82) is 0 Å². The first-order valence-electron chi connectivity index (χ1n) is 7.62. The summed E-state index contributed by atoms with van der Waals surface area (Å²) in [5.41, 5.74) is 4.17. The van der Waals surface area contributed by atoms with Crippen LogP contribution in [0.25, 0.3) is 11.5 Å². The van der Waals surface area contributed by atoms with Gasteiger partial charge >= 0.3 is 0 Å². The number of aliphatic hydroxyl groups is 1. The average molecular weight is 322 g/mol. The Bertz CT molecular complexity index is 870. The van der Waals surface area contributed by atoms with Crippen molar-refractivity contribution in [1.82, 2.24) is 4.98 Å². The van der Waals surface area contributed by atoms with Gasteiger partial charge in [-0.25, -0.2) is 4.98 Å². The van der Waals surface area contributed by atoms with Gasteiger partial charge in [-0.05, 0) is 55.3 Å². The lowest BCUT2D eigenvalue weighted by molar-refractivity contribution is 0.102. The first-order valence-corrected chi connectivity index (χ1v) is 7.62. The highest BCUT2D eigenvalue weighted by atomic mass is 16.3. The molecule has 5 nitrogen and oxygen atoms in total. The summed E-state index contributed by atoms with van der Waals surface area (Å²) in [6.07, 6.45) is 1.59. The second-order valence-corrected chi connectivity index (χ2v) is 5.57. The number of rotatable bonds is 4. The molecular formula is C19H18N2O3. The molecule has 3 aromatic rings. The number of hydrogen-bond donors (Lipinski definition) is 2. The minimum Gasteiger partial charge on any atom is -0.463 e. The molecule has 24 heavy (non-hydrogen) atoms. The quantitative estimate of drug-likeness (QED) is 0.768. The Morgan fingerprint density at radius 3 is 2.71 bits per heavy atom. The van der Waals surface area contributed by atoms with Crippen LogP contribution in [-0.4, -0.2) is 16.0 Å². The van der Waals surface area contributed by atoms with Gasteiger partial charge in [0.05, 0.1) is 24.1 Å². The normalized spacial score (nSPS) is 10.6. The van der Waals surface area contributed by atoms with E-state index < -0.39 is 0 Å². The van der Waals surface area contributed by atoms with E-state index in [0.29, 0.717) is 28.4 Å². The Hall–Kier alpha value is -2.92. The first-order chi connectivity index (χ1) is 11.6. The molecule has 122 valence electrons. The molecule has 0 aliphatic carbocycles. The van der Waals surface area contributed by atoms with Crippen molar-refractivity contribution in [3.63, 3.8) is 0 Å². The van der Waals surface area contributed by atoms with E-state index in [9.17, 15) is 9.90 Å². The number of carbonyl (C=O) groups excluding carboxylic acids is 1. The zero-order valence-electron chi connectivity index (χ0n) is 13.5. The molecule has 0 saturated heterocycles. The number of aryl methyl sites for hydroxylation is 2. The number of anilines is 1. The number of nitrogens with one attached hydrogen (secondary N) is 1. The van der Waals surface area contributed by atoms with Gasteiger partial charge in [0.25, 0.3) is 5.91 Å². The van der Waals surface area contributed by atoms with E-state index in [1.54, 1.807) is 37.5 Å². The Balaban J connectivity index is 1.85. The number of pyridine rings is 1. The van der Waals surface area contributed by atoms with Crippen LogP contribution in [0.2, 0.25) is 0 Å². The standard InChI is InChI=1S/C19H18N2O3/c1-12-5-6-14(11-22)10-17(12)21-19(23)15-7-8-16(20-13(15)2)18-4-3-9-24-18/h3-10,22H,11H2,1-2H3,(H,21,23). The summed E-state index contributed by atoms with van der Waals surface area (Å²) in [4.78, 5) is 17.0. The van der Waals surface area contributed by atoms with Crippen LogP contribution in [0.1, 0.15) is 27.2 Å². The largest absolute Gasteiger partial charge is 0.463 e. The summed E-state index contributed by atoms with van der Waals surface area (Å²) >= 11 is 0. The molecular weight excluding hydrogens is 304 g/mol. The minimum absolute atomic E-state index is 0.0679. The highest BCUT2D eigenvalue weighted by Gasteiger charge is 2.13. The van der Waals surface area contributed by atoms with Crippen molar-refractivity contribution in [2.24, 2.45) is 0 Å². The van der Waals surface area contributed by atoms with Crippen molar-refractivity contribution < 1.29 is 14.3 Å². The maximum Gasteiger partial charge on any atom is 0.257 e. The van der Waals surface area contributed by atoms with Crippen LogP contribution in [0, 0.1) is 13.8 Å². The third-order valence-electron chi connectivity index (χ3n) is 3.84. The number of hydrogen-bond acceptors (Lipinski definition) is 4. The Morgan fingerprint density at radius 1 is 1.21 bits per heavy atom. The van der Waals surface area contributed by atoms with Crippen LogP contribution >= 0.6 is 0 Å². The van der Waals surface area contributed by atoms with E-state index in [-0.39, 0.29) is 12.5 Å². The molecule has 2 heterocycles. The van der Waals surface area contributed by atoms with Gasteiger partial charge in [0, 0.05) is 5.69 Å². The van der Waals surface area contributed by atoms with Gasteiger partial charge in [-0.2, -0.15) is 0 Å². The fourth-order valence-corrected chi connectivity index (χ4v) is 2.45. The van der Waals surface area contributed by atoms with Crippen LogP contribution in [0.3, 0.4) is 0 Å². The molecule has 0 fully saturated rings. The SMILES string of the molecule is Cc1ccc(CO)cc1NC(=O)c1ccc(-c2ccco2)nc1C. The lowest BCUT2D eigenvalue weighted by Crippen LogP contribution is -2.15. The number of amides is 1. The molecule has 0 radical (unpaired) electrons. The molecule has 2 N–H and O–H groups in total. The third kappa shape index (κ3) is 3.21. The predicted octanol–water partition coefficient (Wildman–Crippen LogP) is 3.70. The highest BCUT2D eigenvalue weighted by Crippen LogP contribution is 2.21. The smallest absolute Gasteiger partial charge is 0.257 e. The summed E-state index contributed by atoms with van der Waals surface area (Å²) in [5, 5.41) is 12.1. The minimum atomic E-state index is -0.232. The fourth-order valence-electron chi connectivity index (χ4n) is 2.45. The molecule has 0 atom stereocenters. The molecule has 0 aliphatic heterocycles. The average Bonchev–Trinajstić information content (AvgIpc) is 3.11. The van der Waals surface area contributed by atoms with Gasteiger partial charge in [0.2, 0.25) is 0 Å². The fraction of sp³-hybridized carbons (Fsp3) is 0.158. The maximum atomic E-state index is 12.5. The van der Waals surface area contributed by atoms with Gasteiger partial charge < -0.3 is 14.8 Å². The summed E-state index contributed by atoms with van der Waals surface area (Å²) in [6.45, 7) is 3.63. The lowest BCUT2D eigenvalue weighted by atomic mass is 10.1. The predicted molar refractivity (Wildman–Crippen MR) is 91.7 cm³/mol. The molecule has 0 spiro atoms. The Labute approximate surface area is 140 Å². The van der Waals surface area contributed by atoms with E-state index >= 15 is 0 Å². The van der Waals surface area contributed by atoms with Crippen LogP contribution < -0.4 is 5.32 Å². The van der Waals surface area contributed by atoms with E-state index in [1.165, 1.54) is 0 Å². The first kappa shape index (κ1) is 16.0. The summed E-state index contributed by atoms with van der Waals surface area (Å²) in [5.74, 6) is 0.431. The molecule has 5 heteroatoms. The third-order valence-corrected chi connectivity index (χ3v) is 3.84. The molecule has 3 rings (SSSR count). The van der Waals surface area contributed by atoms with Crippen molar-refractivity contribution in [3.05, 3.63) is 71.1 Å². The molecule has 1 aromatic carbocycles. The van der Waals surface area contributed by atoms with Crippen LogP contribution in [0.15, 0.2) is 53.1 Å². The van der Waals surface area contributed by atoms with Crippen LogP contribution in [-0.2, 0) is 6.61 Å². The van der Waals surface area contributed by atoms with Gasteiger partial charge in [-0.1, -0.05) is 12.1 Å². The lowest BCUT2D eigenvalue weighted by Gasteiger charge is -2.11.